The number of hydrogen-bond donors (Lipinski definition) is 2. The number of benzene rings is 1. The van der Waals surface area contributed by atoms with E-state index in [1.807, 2.05) is 0 Å². The van der Waals surface area contributed by atoms with Crippen molar-refractivity contribution in [3.05, 3.63) is 39.9 Å². The lowest BCUT2D eigenvalue weighted by atomic mass is 10.0. The molecule has 0 heterocycles. The van der Waals surface area contributed by atoms with Crippen molar-refractivity contribution >= 4 is 17.5 Å². The summed E-state index contributed by atoms with van der Waals surface area (Å²) < 4.78 is 0. The van der Waals surface area contributed by atoms with E-state index in [1.165, 1.54) is 49.9 Å². The number of carbonyl (C=O) groups excluding carboxylic acids is 2. The third-order valence-corrected chi connectivity index (χ3v) is 3.89. The zero-order valence-electron chi connectivity index (χ0n) is 12.2. The van der Waals surface area contributed by atoms with Gasteiger partial charge in [-0.3, -0.25) is 30.6 Å². The molecule has 22 heavy (non-hydrogen) atoms. The van der Waals surface area contributed by atoms with E-state index >= 15 is 0 Å². The normalized spacial score (nSPS) is 14.5. The zero-order chi connectivity index (χ0) is 15.9. The molecule has 1 aliphatic rings. The molecule has 1 saturated carbocycles. The molecule has 1 aliphatic carbocycles. The third kappa shape index (κ3) is 4.54. The lowest BCUT2D eigenvalue weighted by Crippen LogP contribution is -2.41. The first kappa shape index (κ1) is 15.9. The smallest absolute Gasteiger partial charge is 0.270 e. The van der Waals surface area contributed by atoms with Crippen LogP contribution in [0.2, 0.25) is 0 Å². The first-order chi connectivity index (χ1) is 10.6. The maximum atomic E-state index is 11.8. The van der Waals surface area contributed by atoms with Gasteiger partial charge < -0.3 is 0 Å². The van der Waals surface area contributed by atoms with Crippen LogP contribution in [0.5, 0.6) is 0 Å². The van der Waals surface area contributed by atoms with Crippen molar-refractivity contribution in [3.63, 3.8) is 0 Å². The maximum Gasteiger partial charge on any atom is 0.270 e. The molecule has 0 radical (unpaired) electrons. The van der Waals surface area contributed by atoms with Crippen LogP contribution in [0, 0.1) is 16.0 Å². The Morgan fingerprint density at radius 3 is 2.64 bits per heavy atom. The van der Waals surface area contributed by atoms with Gasteiger partial charge in [0.05, 0.1) is 4.92 Å². The van der Waals surface area contributed by atoms with Crippen molar-refractivity contribution in [2.24, 2.45) is 5.92 Å². The van der Waals surface area contributed by atoms with Crippen LogP contribution >= 0.6 is 0 Å². The minimum absolute atomic E-state index is 0.130. The molecule has 2 rings (SSSR count). The highest BCUT2D eigenvalue weighted by Crippen LogP contribution is 2.28. The number of rotatable bonds is 5. The number of nitrogens with zero attached hydrogens (tertiary/aromatic N) is 1. The molecule has 118 valence electrons. The highest BCUT2D eigenvalue weighted by Gasteiger charge is 2.16. The van der Waals surface area contributed by atoms with E-state index in [0.29, 0.717) is 12.3 Å². The van der Waals surface area contributed by atoms with E-state index in [0.717, 1.165) is 6.42 Å². The Balaban J connectivity index is 1.78. The van der Waals surface area contributed by atoms with Gasteiger partial charge in [0, 0.05) is 24.1 Å². The molecule has 1 aromatic rings. The van der Waals surface area contributed by atoms with Crippen LogP contribution in [-0.2, 0) is 4.79 Å². The largest absolute Gasteiger partial charge is 0.273 e. The zero-order valence-corrected chi connectivity index (χ0v) is 12.2. The van der Waals surface area contributed by atoms with Gasteiger partial charge in [0.1, 0.15) is 0 Å². The van der Waals surface area contributed by atoms with Crippen molar-refractivity contribution in [2.75, 3.05) is 0 Å². The van der Waals surface area contributed by atoms with Crippen molar-refractivity contribution in [3.8, 4) is 0 Å². The number of carbonyl (C=O) groups is 2. The number of hydrogen-bond acceptors (Lipinski definition) is 4. The van der Waals surface area contributed by atoms with Crippen LogP contribution in [0.15, 0.2) is 24.3 Å². The van der Waals surface area contributed by atoms with E-state index in [1.54, 1.807) is 0 Å². The molecule has 7 nitrogen and oxygen atoms in total. The Morgan fingerprint density at radius 2 is 1.95 bits per heavy atom. The summed E-state index contributed by atoms with van der Waals surface area (Å²) in [4.78, 5) is 33.6. The molecule has 0 aliphatic heterocycles. The van der Waals surface area contributed by atoms with Gasteiger partial charge in [0.25, 0.3) is 11.6 Å². The Kier molecular flexibility index (Phi) is 5.46. The average molecular weight is 305 g/mol. The predicted octanol–water partition coefficient (Wildman–Crippen LogP) is 2.33. The van der Waals surface area contributed by atoms with E-state index in [2.05, 4.69) is 10.9 Å². The van der Waals surface area contributed by atoms with Crippen LogP contribution in [0.25, 0.3) is 0 Å². The monoisotopic (exact) mass is 305 g/mol. The molecule has 0 bridgehead atoms. The molecule has 0 saturated heterocycles. The third-order valence-electron chi connectivity index (χ3n) is 3.89. The van der Waals surface area contributed by atoms with Crippen LogP contribution in [0.1, 0.15) is 48.9 Å². The minimum atomic E-state index is -0.572. The average Bonchev–Trinajstić information content (AvgIpc) is 3.04. The molecule has 0 atom stereocenters. The Labute approximate surface area is 128 Å². The van der Waals surface area contributed by atoms with Crippen molar-refractivity contribution in [1.82, 2.24) is 10.9 Å². The number of amides is 2. The number of nitro groups is 1. The summed E-state index contributed by atoms with van der Waals surface area (Å²) in [6.07, 6.45) is 6.02. The molecule has 0 spiro atoms. The summed E-state index contributed by atoms with van der Waals surface area (Å²) >= 11 is 0. The number of nitro benzene ring substituents is 1. The molecule has 1 fully saturated rings. The molecule has 0 aromatic heterocycles. The predicted molar refractivity (Wildman–Crippen MR) is 79.9 cm³/mol. The van der Waals surface area contributed by atoms with Gasteiger partial charge in [-0.15, -0.1) is 0 Å². The second kappa shape index (κ2) is 7.53. The Bertz CT molecular complexity index is 568. The van der Waals surface area contributed by atoms with Gasteiger partial charge in [0.15, 0.2) is 0 Å². The fraction of sp³-hybridized carbons (Fsp3) is 0.467. The van der Waals surface area contributed by atoms with Gasteiger partial charge >= 0.3 is 0 Å². The molecule has 7 heteroatoms. The van der Waals surface area contributed by atoms with Crippen LogP contribution in [0.3, 0.4) is 0 Å². The summed E-state index contributed by atoms with van der Waals surface area (Å²) in [5, 5.41) is 10.7. The number of hydrazine groups is 1. The second-order valence-electron chi connectivity index (χ2n) is 5.50. The highest BCUT2D eigenvalue weighted by atomic mass is 16.6. The molecule has 2 amide bonds. The molecular weight excluding hydrogens is 286 g/mol. The van der Waals surface area contributed by atoms with Gasteiger partial charge in [-0.1, -0.05) is 31.7 Å². The Hall–Kier alpha value is -2.44. The highest BCUT2D eigenvalue weighted by molar-refractivity contribution is 5.95. The van der Waals surface area contributed by atoms with Crippen LogP contribution in [-0.4, -0.2) is 16.7 Å². The van der Waals surface area contributed by atoms with Crippen LogP contribution < -0.4 is 10.9 Å². The molecule has 1 aromatic carbocycles. The molecule has 2 N–H and O–H groups in total. The fourth-order valence-electron chi connectivity index (χ4n) is 2.66. The fourth-order valence-corrected chi connectivity index (χ4v) is 2.66. The lowest BCUT2D eigenvalue weighted by molar-refractivity contribution is -0.384. The Morgan fingerprint density at radius 1 is 1.23 bits per heavy atom. The summed E-state index contributed by atoms with van der Waals surface area (Å²) in [7, 11) is 0. The summed E-state index contributed by atoms with van der Waals surface area (Å²) in [5.41, 5.74) is 4.59. The minimum Gasteiger partial charge on any atom is -0.273 e. The maximum absolute atomic E-state index is 11.8. The van der Waals surface area contributed by atoms with Gasteiger partial charge in [-0.05, 0) is 18.4 Å². The van der Waals surface area contributed by atoms with Crippen LogP contribution in [0.4, 0.5) is 5.69 Å². The summed E-state index contributed by atoms with van der Waals surface area (Å²) in [6, 6.07) is 5.35. The lowest BCUT2D eigenvalue weighted by Gasteiger charge is -2.10. The van der Waals surface area contributed by atoms with E-state index < -0.39 is 10.8 Å². The quantitative estimate of drug-likeness (QED) is 0.644. The van der Waals surface area contributed by atoms with Crippen molar-refractivity contribution < 1.29 is 14.5 Å². The summed E-state index contributed by atoms with van der Waals surface area (Å²) in [6.45, 7) is 0. The first-order valence-corrected chi connectivity index (χ1v) is 7.40. The summed E-state index contributed by atoms with van der Waals surface area (Å²) in [5.74, 6) is -0.207. The number of nitrogens with one attached hydrogen (secondary N) is 2. The van der Waals surface area contributed by atoms with Crippen molar-refractivity contribution in [1.29, 1.82) is 0 Å². The van der Waals surface area contributed by atoms with Crippen molar-refractivity contribution in [2.45, 2.75) is 38.5 Å². The SMILES string of the molecule is O=C(CCC1CCCC1)NNC(=O)c1cccc([N+](=O)[O-])c1. The van der Waals surface area contributed by atoms with Gasteiger partial charge in [0.2, 0.25) is 5.91 Å². The van der Waals surface area contributed by atoms with Gasteiger partial charge in [-0.2, -0.15) is 0 Å². The van der Waals surface area contributed by atoms with E-state index in [9.17, 15) is 19.7 Å². The number of non-ortho nitro benzene ring substituents is 1. The van der Waals surface area contributed by atoms with E-state index in [-0.39, 0.29) is 17.2 Å². The first-order valence-electron chi connectivity index (χ1n) is 7.40. The van der Waals surface area contributed by atoms with Gasteiger partial charge in [-0.25, -0.2) is 0 Å². The molecular formula is C15H19N3O4. The second-order valence-corrected chi connectivity index (χ2v) is 5.50. The standard InChI is InChI=1S/C15H19N3O4/c19-14(9-8-11-4-1-2-5-11)16-17-15(20)12-6-3-7-13(10-12)18(21)22/h3,6-7,10-11H,1-2,4-5,8-9H2,(H,16,19)(H,17,20). The van der Waals surface area contributed by atoms with E-state index in [4.69, 9.17) is 0 Å². The molecule has 0 unspecified atom stereocenters. The topological polar surface area (TPSA) is 101 Å².